The van der Waals surface area contributed by atoms with Crippen LogP contribution in [0.3, 0.4) is 0 Å². The van der Waals surface area contributed by atoms with Gasteiger partial charge in [-0.25, -0.2) is 8.78 Å². The van der Waals surface area contributed by atoms with Gasteiger partial charge >= 0.3 is 0 Å². The van der Waals surface area contributed by atoms with Crippen LogP contribution >= 0.6 is 0 Å². The van der Waals surface area contributed by atoms with Crippen molar-refractivity contribution in [3.05, 3.63) is 36.0 Å². The highest BCUT2D eigenvalue weighted by Gasteiger charge is 2.18. The zero-order chi connectivity index (χ0) is 17.8. The molecule has 4 atom stereocenters. The van der Waals surface area contributed by atoms with Crippen LogP contribution in [0.4, 0.5) is 8.78 Å². The third-order valence-corrected chi connectivity index (χ3v) is 4.72. The molecule has 3 heteroatoms. The number of hydrogen-bond acceptors (Lipinski definition) is 1. The molecule has 0 aliphatic carbocycles. The number of rotatable bonds is 11. The van der Waals surface area contributed by atoms with E-state index in [0.29, 0.717) is 23.8 Å². The highest BCUT2D eigenvalue weighted by atomic mass is 19.2. The molecule has 0 bridgehead atoms. The molecule has 0 rings (SSSR count). The maximum atomic E-state index is 13.7. The van der Waals surface area contributed by atoms with E-state index in [1.165, 1.54) is 0 Å². The van der Waals surface area contributed by atoms with E-state index in [1.807, 2.05) is 32.9 Å². The van der Waals surface area contributed by atoms with Crippen molar-refractivity contribution in [1.29, 1.82) is 0 Å². The van der Waals surface area contributed by atoms with Crippen LogP contribution in [0, 0.1) is 17.8 Å². The third-order valence-electron chi connectivity index (χ3n) is 4.72. The Hall–Kier alpha value is -0.960. The van der Waals surface area contributed by atoms with Crippen molar-refractivity contribution < 1.29 is 8.78 Å². The van der Waals surface area contributed by atoms with Gasteiger partial charge in [0.15, 0.2) is 5.83 Å². The van der Waals surface area contributed by atoms with Crippen LogP contribution in [-0.2, 0) is 0 Å². The zero-order valence-corrected chi connectivity index (χ0v) is 15.5. The van der Waals surface area contributed by atoms with Gasteiger partial charge in [-0.3, -0.25) is 0 Å². The molecule has 2 N–H and O–H groups in total. The van der Waals surface area contributed by atoms with Crippen LogP contribution in [0.5, 0.6) is 0 Å². The van der Waals surface area contributed by atoms with Crippen molar-refractivity contribution in [2.24, 2.45) is 23.5 Å². The van der Waals surface area contributed by atoms with Crippen LogP contribution in [-0.4, -0.2) is 6.04 Å². The molecule has 0 aromatic carbocycles. The fourth-order valence-electron chi connectivity index (χ4n) is 2.69. The second-order valence-electron chi connectivity index (χ2n) is 6.91. The Morgan fingerprint density at radius 3 is 2.04 bits per heavy atom. The minimum atomic E-state index is -0.736. The van der Waals surface area contributed by atoms with Crippen molar-refractivity contribution in [3.8, 4) is 0 Å². The van der Waals surface area contributed by atoms with Gasteiger partial charge in [-0.2, -0.15) is 0 Å². The lowest BCUT2D eigenvalue weighted by molar-refractivity contribution is 0.312. The van der Waals surface area contributed by atoms with E-state index in [1.54, 1.807) is 6.08 Å². The summed E-state index contributed by atoms with van der Waals surface area (Å²) >= 11 is 0. The van der Waals surface area contributed by atoms with E-state index in [-0.39, 0.29) is 18.3 Å². The molecular formula is C20H35F2N. The highest BCUT2D eigenvalue weighted by molar-refractivity contribution is 5.26. The fourth-order valence-corrected chi connectivity index (χ4v) is 2.69. The highest BCUT2D eigenvalue weighted by Crippen LogP contribution is 2.30. The largest absolute Gasteiger partial charge is 0.328 e. The quantitative estimate of drug-likeness (QED) is 0.341. The molecule has 1 nitrogen and oxygen atoms in total. The Morgan fingerprint density at radius 1 is 1.00 bits per heavy atom. The molecule has 0 spiro atoms. The lowest BCUT2D eigenvalue weighted by atomic mass is 9.83. The van der Waals surface area contributed by atoms with Gasteiger partial charge < -0.3 is 5.73 Å². The summed E-state index contributed by atoms with van der Waals surface area (Å²) in [6, 6.07) is 0.244. The third kappa shape index (κ3) is 9.70. The van der Waals surface area contributed by atoms with Gasteiger partial charge in [0.25, 0.3) is 0 Å². The molecule has 0 aromatic heterocycles. The Kier molecular flexibility index (Phi) is 11.9. The Balaban J connectivity index is 4.56. The molecule has 134 valence electrons. The van der Waals surface area contributed by atoms with Gasteiger partial charge in [0.2, 0.25) is 0 Å². The maximum absolute atomic E-state index is 13.7. The summed E-state index contributed by atoms with van der Waals surface area (Å²) in [6.07, 6.45) is 10.4. The normalized spacial score (nSPS) is 19.0. The Labute approximate surface area is 141 Å². The van der Waals surface area contributed by atoms with E-state index < -0.39 is 5.83 Å². The number of allylic oxidation sites excluding steroid dienone is 5. The molecule has 0 saturated carbocycles. The summed E-state index contributed by atoms with van der Waals surface area (Å²) in [5.41, 5.74) is 6.30. The molecule has 0 amide bonds. The first-order valence-corrected chi connectivity index (χ1v) is 8.86. The van der Waals surface area contributed by atoms with E-state index in [0.717, 1.165) is 25.7 Å². The Morgan fingerprint density at radius 2 is 1.57 bits per heavy atom. The number of hydrogen-bond donors (Lipinski definition) is 1. The standard InChI is InChI=1S/C20H35F2N/c1-6-7-8-9-19(20(22)14-21)17(4)11-10-15(2)16(3)12-13-18(5)23/h6-7,9,14-18H,8,10-13,23H2,1-5H3/b7-6+,19-9-,20-14-. The first-order valence-electron chi connectivity index (χ1n) is 8.86. The lowest BCUT2D eigenvalue weighted by Gasteiger charge is -2.23. The molecular weight excluding hydrogens is 292 g/mol. The summed E-state index contributed by atoms with van der Waals surface area (Å²) in [5.74, 6) is 0.450. The molecule has 0 heterocycles. The molecule has 0 aromatic rings. The monoisotopic (exact) mass is 327 g/mol. The molecule has 4 unspecified atom stereocenters. The van der Waals surface area contributed by atoms with E-state index in [4.69, 9.17) is 5.73 Å². The van der Waals surface area contributed by atoms with Gasteiger partial charge in [-0.15, -0.1) is 0 Å². The molecule has 0 saturated heterocycles. The topological polar surface area (TPSA) is 26.0 Å². The SMILES string of the molecule is C/C=C/C/C=C(\C(F)=C\F)C(C)CCC(C)C(C)CCC(C)N. The lowest BCUT2D eigenvalue weighted by Crippen LogP contribution is -2.18. The average molecular weight is 328 g/mol. The fraction of sp³-hybridized carbons (Fsp3) is 0.700. The number of halogens is 2. The second kappa shape index (κ2) is 12.5. The second-order valence-corrected chi connectivity index (χ2v) is 6.91. The van der Waals surface area contributed by atoms with E-state index >= 15 is 0 Å². The summed E-state index contributed by atoms with van der Waals surface area (Å²) in [7, 11) is 0. The number of nitrogens with two attached hydrogens (primary N) is 1. The van der Waals surface area contributed by atoms with E-state index in [2.05, 4.69) is 13.8 Å². The van der Waals surface area contributed by atoms with Crippen LogP contribution in [0.1, 0.15) is 66.7 Å². The Bertz CT molecular complexity index is 396. The summed E-state index contributed by atoms with van der Waals surface area (Å²) in [5, 5.41) is 0. The van der Waals surface area contributed by atoms with Gasteiger partial charge in [0, 0.05) is 6.04 Å². The van der Waals surface area contributed by atoms with Crippen LogP contribution < -0.4 is 5.73 Å². The maximum Gasteiger partial charge on any atom is 0.154 e. The summed E-state index contributed by atoms with van der Waals surface area (Å²) in [6.45, 7) is 10.4. The first-order chi connectivity index (χ1) is 10.8. The first kappa shape index (κ1) is 22.0. The van der Waals surface area contributed by atoms with Crippen molar-refractivity contribution >= 4 is 0 Å². The summed E-state index contributed by atoms with van der Waals surface area (Å²) < 4.78 is 26.3. The molecule has 0 aliphatic heterocycles. The summed E-state index contributed by atoms with van der Waals surface area (Å²) in [4.78, 5) is 0. The van der Waals surface area contributed by atoms with Crippen molar-refractivity contribution in [2.75, 3.05) is 0 Å². The van der Waals surface area contributed by atoms with E-state index in [9.17, 15) is 8.78 Å². The molecule has 0 radical (unpaired) electrons. The van der Waals surface area contributed by atoms with Crippen LogP contribution in [0.15, 0.2) is 36.0 Å². The minimum Gasteiger partial charge on any atom is -0.328 e. The van der Waals surface area contributed by atoms with Gasteiger partial charge in [0.1, 0.15) is 6.33 Å². The van der Waals surface area contributed by atoms with Crippen LogP contribution in [0.2, 0.25) is 0 Å². The zero-order valence-electron chi connectivity index (χ0n) is 15.5. The molecule has 23 heavy (non-hydrogen) atoms. The predicted octanol–water partition coefficient (Wildman–Crippen LogP) is 6.48. The van der Waals surface area contributed by atoms with Crippen molar-refractivity contribution in [3.63, 3.8) is 0 Å². The van der Waals surface area contributed by atoms with Gasteiger partial charge in [-0.1, -0.05) is 39.0 Å². The van der Waals surface area contributed by atoms with Gasteiger partial charge in [0.05, 0.1) is 0 Å². The average Bonchev–Trinajstić information content (AvgIpc) is 2.53. The smallest absolute Gasteiger partial charge is 0.154 e. The minimum absolute atomic E-state index is 0.0235. The van der Waals surface area contributed by atoms with Crippen LogP contribution in [0.25, 0.3) is 0 Å². The molecule has 0 aliphatic rings. The molecule has 0 fully saturated rings. The van der Waals surface area contributed by atoms with Gasteiger partial charge in [-0.05, 0) is 69.3 Å². The van der Waals surface area contributed by atoms with Crippen molar-refractivity contribution in [2.45, 2.75) is 72.8 Å². The van der Waals surface area contributed by atoms with Crippen molar-refractivity contribution in [1.82, 2.24) is 0 Å². The predicted molar refractivity (Wildman–Crippen MR) is 97.4 cm³/mol.